The number of anilines is 1. The average Bonchev–Trinajstić information content (AvgIpc) is 2.40. The molecule has 1 aromatic rings. The number of nitrogens with one attached hydrogen (secondary N) is 2. The Hall–Kier alpha value is -1.21. The van der Waals surface area contributed by atoms with Gasteiger partial charge < -0.3 is 5.32 Å². The van der Waals surface area contributed by atoms with Crippen molar-refractivity contribution < 1.29 is 12.8 Å². The maximum atomic E-state index is 13.3. The molecule has 0 aromatic carbocycles. The van der Waals surface area contributed by atoms with Crippen LogP contribution in [-0.4, -0.2) is 31.7 Å². The summed E-state index contributed by atoms with van der Waals surface area (Å²) >= 11 is 0. The van der Waals surface area contributed by atoms with Crippen molar-refractivity contribution in [1.29, 1.82) is 0 Å². The zero-order valence-electron chi connectivity index (χ0n) is 10.6. The van der Waals surface area contributed by atoms with E-state index in [1.165, 1.54) is 12.3 Å². The average molecular weight is 287 g/mol. The first-order chi connectivity index (χ1) is 9.07. The summed E-state index contributed by atoms with van der Waals surface area (Å²) in [6.07, 6.45) is 6.15. The van der Waals surface area contributed by atoms with Crippen LogP contribution in [0.4, 0.5) is 10.1 Å². The maximum absolute atomic E-state index is 13.3. The molecule has 2 N–H and O–H groups in total. The highest BCUT2D eigenvalue weighted by Gasteiger charge is 2.18. The first kappa shape index (κ1) is 14.2. The number of hydrogen-bond donors (Lipinski definition) is 2. The Kier molecular flexibility index (Phi) is 4.71. The lowest BCUT2D eigenvalue weighted by Crippen LogP contribution is -2.36. The molecule has 0 radical (unpaired) electrons. The van der Waals surface area contributed by atoms with E-state index in [-0.39, 0.29) is 17.5 Å². The van der Waals surface area contributed by atoms with Gasteiger partial charge in [-0.05, 0) is 31.9 Å². The van der Waals surface area contributed by atoms with Crippen LogP contribution in [0, 0.1) is 5.82 Å². The normalized spacial score (nSPS) is 20.2. The van der Waals surface area contributed by atoms with Gasteiger partial charge in [0.05, 0.1) is 17.6 Å². The summed E-state index contributed by atoms with van der Waals surface area (Å²) in [7, 11) is -3.51. The number of pyridine rings is 1. The van der Waals surface area contributed by atoms with Gasteiger partial charge in [-0.1, -0.05) is 6.42 Å². The van der Waals surface area contributed by atoms with Gasteiger partial charge in [-0.3, -0.25) is 9.71 Å². The van der Waals surface area contributed by atoms with Gasteiger partial charge in [0.25, 0.3) is 0 Å². The lowest BCUT2D eigenvalue weighted by Gasteiger charge is -2.23. The molecule has 0 saturated carbocycles. The molecule has 1 saturated heterocycles. The van der Waals surface area contributed by atoms with Crippen LogP contribution < -0.4 is 10.0 Å². The number of sulfonamides is 1. The monoisotopic (exact) mass is 287 g/mol. The van der Waals surface area contributed by atoms with E-state index in [1.807, 2.05) is 0 Å². The molecule has 1 aliphatic rings. The quantitative estimate of drug-likeness (QED) is 0.861. The number of hydrogen-bond acceptors (Lipinski definition) is 4. The zero-order chi connectivity index (χ0) is 13.7. The lowest BCUT2D eigenvalue weighted by atomic mass is 10.0. The molecule has 0 amide bonds. The summed E-state index contributed by atoms with van der Waals surface area (Å²) in [5, 5.41) is 3.29. The molecule has 1 aromatic heterocycles. The van der Waals surface area contributed by atoms with Gasteiger partial charge in [0.1, 0.15) is 0 Å². The first-order valence-corrected chi connectivity index (χ1v) is 8.05. The van der Waals surface area contributed by atoms with Crippen molar-refractivity contribution in [2.24, 2.45) is 0 Å². The van der Waals surface area contributed by atoms with Crippen molar-refractivity contribution in [2.45, 2.75) is 31.7 Å². The van der Waals surface area contributed by atoms with Gasteiger partial charge in [0, 0.05) is 12.2 Å². The van der Waals surface area contributed by atoms with Crippen LogP contribution in [0.2, 0.25) is 0 Å². The second-order valence-electron chi connectivity index (χ2n) is 4.71. The van der Waals surface area contributed by atoms with E-state index in [2.05, 4.69) is 15.0 Å². The van der Waals surface area contributed by atoms with E-state index < -0.39 is 15.8 Å². The van der Waals surface area contributed by atoms with Gasteiger partial charge in [-0.15, -0.1) is 0 Å². The van der Waals surface area contributed by atoms with E-state index in [0.717, 1.165) is 32.0 Å². The molecule has 19 heavy (non-hydrogen) atoms. The third-order valence-electron chi connectivity index (χ3n) is 3.19. The second-order valence-corrected chi connectivity index (χ2v) is 6.55. The Morgan fingerprint density at radius 3 is 3.00 bits per heavy atom. The molecular formula is C12H18FN3O2S. The first-order valence-electron chi connectivity index (χ1n) is 6.40. The Morgan fingerprint density at radius 1 is 1.47 bits per heavy atom. The summed E-state index contributed by atoms with van der Waals surface area (Å²) in [5.74, 6) is -0.672. The zero-order valence-corrected chi connectivity index (χ0v) is 11.4. The van der Waals surface area contributed by atoms with Crippen LogP contribution in [0.5, 0.6) is 0 Å². The molecule has 5 nitrogen and oxygen atoms in total. The Balaban J connectivity index is 1.90. The fourth-order valence-electron chi connectivity index (χ4n) is 2.14. The van der Waals surface area contributed by atoms with Gasteiger partial charge in [-0.25, -0.2) is 12.8 Å². The molecule has 0 bridgehead atoms. The Bertz CT molecular complexity index is 515. The minimum Gasteiger partial charge on any atom is -0.314 e. The number of halogens is 1. The largest absolute Gasteiger partial charge is 0.314 e. The van der Waals surface area contributed by atoms with Crippen LogP contribution in [0.1, 0.15) is 25.7 Å². The van der Waals surface area contributed by atoms with Crippen molar-refractivity contribution in [3.05, 3.63) is 24.3 Å². The smallest absolute Gasteiger partial charge is 0.232 e. The maximum Gasteiger partial charge on any atom is 0.232 e. The summed E-state index contributed by atoms with van der Waals surface area (Å²) in [6, 6.07) is 1.55. The van der Waals surface area contributed by atoms with Gasteiger partial charge in [0.2, 0.25) is 10.0 Å². The van der Waals surface area contributed by atoms with Crippen molar-refractivity contribution in [3.8, 4) is 0 Å². The van der Waals surface area contributed by atoms with Crippen molar-refractivity contribution in [2.75, 3.05) is 17.0 Å². The molecule has 1 aliphatic heterocycles. The summed E-state index contributed by atoms with van der Waals surface area (Å²) in [6.45, 7) is 0.942. The molecule has 1 unspecified atom stereocenters. The molecule has 1 fully saturated rings. The minimum absolute atomic E-state index is 0.00751. The molecule has 1 atom stereocenters. The molecule has 2 rings (SSSR count). The minimum atomic E-state index is -3.51. The predicted octanol–water partition coefficient (Wildman–Crippen LogP) is 1.49. The van der Waals surface area contributed by atoms with Gasteiger partial charge in [0.15, 0.2) is 5.82 Å². The van der Waals surface area contributed by atoms with E-state index in [9.17, 15) is 12.8 Å². The Morgan fingerprint density at radius 2 is 2.32 bits per heavy atom. The van der Waals surface area contributed by atoms with Crippen molar-refractivity contribution >= 4 is 15.7 Å². The predicted molar refractivity (Wildman–Crippen MR) is 71.9 cm³/mol. The highest BCUT2D eigenvalue weighted by Crippen LogP contribution is 2.15. The number of nitrogens with zero attached hydrogens (tertiary/aromatic N) is 1. The summed E-state index contributed by atoms with van der Waals surface area (Å²) in [5.41, 5.74) is -0.0494. The molecule has 106 valence electrons. The number of piperidine rings is 1. The van der Waals surface area contributed by atoms with Crippen LogP contribution in [0.25, 0.3) is 0 Å². The van der Waals surface area contributed by atoms with Crippen LogP contribution in [-0.2, 0) is 10.0 Å². The third kappa shape index (κ3) is 4.43. The lowest BCUT2D eigenvalue weighted by molar-refractivity contribution is 0.393. The van der Waals surface area contributed by atoms with E-state index in [4.69, 9.17) is 0 Å². The number of aromatic nitrogens is 1. The molecule has 0 spiro atoms. The van der Waals surface area contributed by atoms with Gasteiger partial charge >= 0.3 is 0 Å². The SMILES string of the molecule is O=S(=O)(CCC1CCCCN1)Nc1ccncc1F. The molecule has 7 heteroatoms. The van der Waals surface area contributed by atoms with E-state index >= 15 is 0 Å². The van der Waals surface area contributed by atoms with E-state index in [1.54, 1.807) is 0 Å². The van der Waals surface area contributed by atoms with Crippen LogP contribution in [0.3, 0.4) is 0 Å². The van der Waals surface area contributed by atoms with E-state index in [0.29, 0.717) is 6.42 Å². The fraction of sp³-hybridized carbons (Fsp3) is 0.583. The highest BCUT2D eigenvalue weighted by molar-refractivity contribution is 7.92. The Labute approximate surface area is 112 Å². The third-order valence-corrected chi connectivity index (χ3v) is 4.49. The van der Waals surface area contributed by atoms with Gasteiger partial charge in [-0.2, -0.15) is 0 Å². The molecule has 2 heterocycles. The topological polar surface area (TPSA) is 71.1 Å². The van der Waals surface area contributed by atoms with Crippen LogP contribution >= 0.6 is 0 Å². The van der Waals surface area contributed by atoms with Crippen molar-refractivity contribution in [1.82, 2.24) is 10.3 Å². The molecule has 0 aliphatic carbocycles. The number of rotatable bonds is 5. The standard InChI is InChI=1S/C12H18FN3O2S/c13-11-9-14-7-4-12(11)16-19(17,18)8-5-10-3-1-2-6-15-10/h4,7,9-10,15H,1-3,5-6,8H2,(H,14,16). The van der Waals surface area contributed by atoms with Crippen molar-refractivity contribution in [3.63, 3.8) is 0 Å². The second kappa shape index (κ2) is 6.29. The summed E-state index contributed by atoms with van der Waals surface area (Å²) < 4.78 is 39.3. The molecular weight excluding hydrogens is 269 g/mol. The van der Waals surface area contributed by atoms with Crippen LogP contribution in [0.15, 0.2) is 18.5 Å². The fourth-order valence-corrected chi connectivity index (χ4v) is 3.34. The summed E-state index contributed by atoms with van der Waals surface area (Å²) in [4.78, 5) is 3.57. The highest BCUT2D eigenvalue weighted by atomic mass is 32.2.